The van der Waals surface area contributed by atoms with E-state index in [4.69, 9.17) is 14.2 Å². The molecular weight excluding hydrogens is 348 g/mol. The smallest absolute Gasteiger partial charge is 0.340 e. The number of aromatic carboxylic acids is 1. The number of carboxylic acids is 1. The highest BCUT2D eigenvalue weighted by Crippen LogP contribution is 2.36. The molecule has 0 saturated carbocycles. The minimum atomic E-state index is -1.10. The molecule has 0 unspecified atom stereocenters. The Morgan fingerprint density at radius 3 is 2.67 bits per heavy atom. The molecule has 1 aliphatic heterocycles. The molecule has 0 saturated heterocycles. The van der Waals surface area contributed by atoms with Crippen molar-refractivity contribution in [1.29, 1.82) is 0 Å². The van der Waals surface area contributed by atoms with E-state index in [-0.39, 0.29) is 17.3 Å². The number of fused-ring (bicyclic) bond motifs is 1. The van der Waals surface area contributed by atoms with Gasteiger partial charge in [-0.3, -0.25) is 0 Å². The highest BCUT2D eigenvalue weighted by molar-refractivity contribution is 5.99. The summed E-state index contributed by atoms with van der Waals surface area (Å²) < 4.78 is 16.5. The van der Waals surface area contributed by atoms with Gasteiger partial charge in [0, 0.05) is 6.42 Å². The number of ether oxygens (including phenoxy) is 3. The summed E-state index contributed by atoms with van der Waals surface area (Å²) in [5.41, 5.74) is 2.13. The number of methoxy groups -OCH3 is 1. The van der Waals surface area contributed by atoms with Crippen LogP contribution in [0.2, 0.25) is 0 Å². The summed E-state index contributed by atoms with van der Waals surface area (Å²) in [7, 11) is 1.50. The topological polar surface area (TPSA) is 90.8 Å². The molecular formula is C20H16N2O5. The van der Waals surface area contributed by atoms with Gasteiger partial charge < -0.3 is 19.3 Å². The Morgan fingerprint density at radius 2 is 1.93 bits per heavy atom. The van der Waals surface area contributed by atoms with Crippen LogP contribution in [0.3, 0.4) is 0 Å². The first-order chi connectivity index (χ1) is 13.2. The van der Waals surface area contributed by atoms with Crippen LogP contribution in [-0.2, 0) is 6.42 Å². The Bertz CT molecular complexity index is 1000. The maximum Gasteiger partial charge on any atom is 0.340 e. The molecule has 0 amide bonds. The van der Waals surface area contributed by atoms with Crippen LogP contribution >= 0.6 is 0 Å². The third-order valence-electron chi connectivity index (χ3n) is 4.22. The fourth-order valence-electron chi connectivity index (χ4n) is 3.02. The zero-order chi connectivity index (χ0) is 18.8. The van der Waals surface area contributed by atoms with Gasteiger partial charge in [0.1, 0.15) is 11.3 Å². The number of carboxylic acid groups (broad SMARTS) is 1. The second kappa shape index (κ2) is 6.95. The monoisotopic (exact) mass is 364 g/mol. The lowest BCUT2D eigenvalue weighted by molar-refractivity contribution is 0.0695. The molecule has 0 radical (unpaired) electrons. The van der Waals surface area contributed by atoms with Crippen molar-refractivity contribution in [3.8, 4) is 34.6 Å². The molecule has 4 rings (SSSR count). The van der Waals surface area contributed by atoms with Gasteiger partial charge in [-0.2, -0.15) is 9.97 Å². The number of hydrogen-bond acceptors (Lipinski definition) is 6. The van der Waals surface area contributed by atoms with Gasteiger partial charge >= 0.3 is 12.0 Å². The van der Waals surface area contributed by atoms with E-state index in [0.717, 1.165) is 11.1 Å². The van der Waals surface area contributed by atoms with Gasteiger partial charge in [-0.15, -0.1) is 0 Å². The highest BCUT2D eigenvalue weighted by Gasteiger charge is 2.24. The van der Waals surface area contributed by atoms with Gasteiger partial charge in [-0.05, 0) is 17.2 Å². The van der Waals surface area contributed by atoms with Crippen molar-refractivity contribution in [2.45, 2.75) is 6.42 Å². The van der Waals surface area contributed by atoms with E-state index in [1.807, 2.05) is 30.3 Å². The molecule has 7 nitrogen and oxygen atoms in total. The van der Waals surface area contributed by atoms with Crippen molar-refractivity contribution in [2.24, 2.45) is 0 Å². The lowest BCUT2D eigenvalue weighted by Gasteiger charge is -2.13. The van der Waals surface area contributed by atoms with E-state index >= 15 is 0 Å². The summed E-state index contributed by atoms with van der Waals surface area (Å²) in [5, 5.41) is 9.77. The molecule has 27 heavy (non-hydrogen) atoms. The standard InChI is InChI=1S/C20H16N2O5/c1-25-17-14-10-11-26-18(14)22-20(21-17)27-15-9-5-8-13(16(15)19(23)24)12-6-3-2-4-7-12/h2-9H,10-11H2,1H3,(H,23,24). The maximum absolute atomic E-state index is 11.9. The number of nitrogens with zero attached hydrogens (tertiary/aromatic N) is 2. The molecule has 3 aromatic rings. The predicted molar refractivity (Wildman–Crippen MR) is 96.7 cm³/mol. The number of benzene rings is 2. The number of hydrogen-bond donors (Lipinski definition) is 1. The number of rotatable bonds is 5. The average Bonchev–Trinajstić information content (AvgIpc) is 3.16. The maximum atomic E-state index is 11.9. The van der Waals surface area contributed by atoms with Crippen LogP contribution < -0.4 is 14.2 Å². The fourth-order valence-corrected chi connectivity index (χ4v) is 3.02. The second-order valence-electron chi connectivity index (χ2n) is 5.85. The van der Waals surface area contributed by atoms with Crippen molar-refractivity contribution in [3.63, 3.8) is 0 Å². The Balaban J connectivity index is 1.78. The Kier molecular flexibility index (Phi) is 4.33. The van der Waals surface area contributed by atoms with Crippen LogP contribution in [-0.4, -0.2) is 34.8 Å². The third kappa shape index (κ3) is 3.15. The summed E-state index contributed by atoms with van der Waals surface area (Å²) in [6.45, 7) is 0.494. The van der Waals surface area contributed by atoms with E-state index in [2.05, 4.69) is 9.97 Å². The van der Waals surface area contributed by atoms with Gasteiger partial charge in [0.05, 0.1) is 19.3 Å². The lowest BCUT2D eigenvalue weighted by Crippen LogP contribution is -2.05. The summed E-state index contributed by atoms with van der Waals surface area (Å²) in [6.07, 6.45) is 0.655. The number of carbonyl (C=O) groups is 1. The van der Waals surface area contributed by atoms with Gasteiger partial charge in [0.15, 0.2) is 0 Å². The third-order valence-corrected chi connectivity index (χ3v) is 4.22. The summed E-state index contributed by atoms with van der Waals surface area (Å²) >= 11 is 0. The lowest BCUT2D eigenvalue weighted by atomic mass is 9.99. The van der Waals surface area contributed by atoms with Crippen molar-refractivity contribution in [2.75, 3.05) is 13.7 Å². The summed E-state index contributed by atoms with van der Waals surface area (Å²) in [6, 6.07) is 14.3. The molecule has 0 bridgehead atoms. The molecule has 2 aromatic carbocycles. The Hall–Kier alpha value is -3.61. The minimum absolute atomic E-state index is 0.0276. The van der Waals surface area contributed by atoms with Crippen molar-refractivity contribution in [3.05, 3.63) is 59.7 Å². The van der Waals surface area contributed by atoms with E-state index in [0.29, 0.717) is 30.4 Å². The fraction of sp³-hybridized carbons (Fsp3) is 0.150. The van der Waals surface area contributed by atoms with Gasteiger partial charge in [-0.25, -0.2) is 4.79 Å². The Morgan fingerprint density at radius 1 is 1.11 bits per heavy atom. The van der Waals surface area contributed by atoms with E-state index in [1.165, 1.54) is 7.11 Å². The molecule has 136 valence electrons. The molecule has 1 N–H and O–H groups in total. The van der Waals surface area contributed by atoms with E-state index in [9.17, 15) is 9.90 Å². The predicted octanol–water partition coefficient (Wildman–Crippen LogP) is 3.58. The molecule has 0 spiro atoms. The largest absolute Gasteiger partial charge is 0.481 e. The first-order valence-corrected chi connectivity index (χ1v) is 8.34. The Labute approximate surface area is 155 Å². The van der Waals surface area contributed by atoms with Crippen LogP contribution in [0.15, 0.2) is 48.5 Å². The van der Waals surface area contributed by atoms with E-state index in [1.54, 1.807) is 18.2 Å². The second-order valence-corrected chi connectivity index (χ2v) is 5.85. The minimum Gasteiger partial charge on any atom is -0.481 e. The van der Waals surface area contributed by atoms with Crippen molar-refractivity contribution < 1.29 is 24.1 Å². The molecule has 0 fully saturated rings. The van der Waals surface area contributed by atoms with Gasteiger partial charge in [0.2, 0.25) is 11.8 Å². The molecule has 1 aromatic heterocycles. The molecule has 0 atom stereocenters. The van der Waals surface area contributed by atoms with Crippen molar-refractivity contribution in [1.82, 2.24) is 9.97 Å². The van der Waals surface area contributed by atoms with E-state index < -0.39 is 5.97 Å². The van der Waals surface area contributed by atoms with Crippen LogP contribution in [0.1, 0.15) is 15.9 Å². The first-order valence-electron chi connectivity index (χ1n) is 8.34. The summed E-state index contributed by atoms with van der Waals surface area (Å²) in [4.78, 5) is 20.4. The molecule has 2 heterocycles. The van der Waals surface area contributed by atoms with Crippen LogP contribution in [0.4, 0.5) is 0 Å². The van der Waals surface area contributed by atoms with Crippen molar-refractivity contribution >= 4 is 5.97 Å². The van der Waals surface area contributed by atoms with Crippen LogP contribution in [0.25, 0.3) is 11.1 Å². The molecule has 1 aliphatic rings. The zero-order valence-corrected chi connectivity index (χ0v) is 14.5. The average molecular weight is 364 g/mol. The van der Waals surface area contributed by atoms with Gasteiger partial charge in [0.25, 0.3) is 0 Å². The SMILES string of the molecule is COc1nc(Oc2cccc(-c3ccccc3)c2C(=O)O)nc2c1CCO2. The highest BCUT2D eigenvalue weighted by atomic mass is 16.5. The van der Waals surface area contributed by atoms with Crippen LogP contribution in [0, 0.1) is 0 Å². The quantitative estimate of drug-likeness (QED) is 0.740. The van der Waals surface area contributed by atoms with Gasteiger partial charge in [-0.1, -0.05) is 42.5 Å². The number of aromatic nitrogens is 2. The van der Waals surface area contributed by atoms with Crippen LogP contribution in [0.5, 0.6) is 23.5 Å². The zero-order valence-electron chi connectivity index (χ0n) is 14.5. The molecule has 0 aliphatic carbocycles. The normalized spacial score (nSPS) is 12.2. The molecule has 7 heteroatoms. The summed E-state index contributed by atoms with van der Waals surface area (Å²) in [5.74, 6) is -0.200. The first kappa shape index (κ1) is 16.8.